The van der Waals surface area contributed by atoms with Crippen molar-refractivity contribution in [2.75, 3.05) is 5.75 Å². The van der Waals surface area contributed by atoms with Crippen LogP contribution in [0, 0.1) is 0 Å². The summed E-state index contributed by atoms with van der Waals surface area (Å²) >= 11 is 1.75. The number of hydrogen-bond acceptors (Lipinski definition) is 9. The van der Waals surface area contributed by atoms with Gasteiger partial charge in [0, 0.05) is 17.4 Å². The summed E-state index contributed by atoms with van der Waals surface area (Å²) in [4.78, 5) is 51.1. The molecule has 0 aromatic carbocycles. The maximum absolute atomic E-state index is 11.8. The van der Waals surface area contributed by atoms with Crippen molar-refractivity contribution in [2.45, 2.75) is 54.7 Å². The largest absolute Gasteiger partial charge is 1.00 e. The standard InChI is InChI=1S/C14H19N3O8S2.Na/c18-10-5-9(27(22,23)24)13(20)17(10)25-11(19)4-2-1-3-8-12-7(6-26-8)15-14(21)16-12;/h7-9,12H,1-6H2,(H2,15,16,21)(H,22,23,24);/q;+1/p-1/t7-,8-,9+,12+;/m1./s1. The number of nitrogens with one attached hydrogen (secondary N) is 2. The van der Waals surface area contributed by atoms with Gasteiger partial charge in [0.05, 0.1) is 18.5 Å². The van der Waals surface area contributed by atoms with Gasteiger partial charge in [0.2, 0.25) is 0 Å². The number of rotatable bonds is 7. The first kappa shape index (κ1) is 23.4. The topological polar surface area (TPSA) is 162 Å². The molecule has 0 unspecified atom stereocenters. The SMILES string of the molecule is O=C1N[C@H]2[C@@H](CS[C@@H]2CCCCC(=O)ON2C(=O)C[C@H](S(=O)(=O)[O-])C2=O)N1.[Na+]. The Morgan fingerprint density at radius 1 is 1.25 bits per heavy atom. The molecule has 0 radical (unpaired) electrons. The van der Waals surface area contributed by atoms with E-state index >= 15 is 0 Å². The molecule has 3 fully saturated rings. The van der Waals surface area contributed by atoms with E-state index in [-0.39, 0.29) is 64.4 Å². The second kappa shape index (κ2) is 9.30. The van der Waals surface area contributed by atoms with Crippen molar-refractivity contribution in [2.24, 2.45) is 0 Å². The molecule has 4 amide bonds. The number of fused-ring (bicyclic) bond motifs is 1. The summed E-state index contributed by atoms with van der Waals surface area (Å²) in [6, 6.07) is 0.0207. The van der Waals surface area contributed by atoms with Gasteiger partial charge in [-0.25, -0.2) is 18.0 Å². The predicted octanol–water partition coefficient (Wildman–Crippen LogP) is -4.15. The van der Waals surface area contributed by atoms with Crippen LogP contribution in [-0.2, 0) is 29.3 Å². The zero-order valence-electron chi connectivity index (χ0n) is 15.1. The zero-order valence-corrected chi connectivity index (χ0v) is 18.7. The molecule has 0 aromatic rings. The maximum atomic E-state index is 11.8. The number of carbonyl (C=O) groups excluding carboxylic acids is 4. The van der Waals surface area contributed by atoms with E-state index in [1.807, 2.05) is 0 Å². The fraction of sp³-hybridized carbons (Fsp3) is 0.714. The van der Waals surface area contributed by atoms with E-state index in [1.54, 1.807) is 11.8 Å². The molecule has 11 nitrogen and oxygen atoms in total. The maximum Gasteiger partial charge on any atom is 1.00 e. The first-order chi connectivity index (χ1) is 12.7. The van der Waals surface area contributed by atoms with E-state index < -0.39 is 39.6 Å². The molecule has 2 N–H and O–H groups in total. The van der Waals surface area contributed by atoms with Crippen LogP contribution in [0.25, 0.3) is 0 Å². The second-order valence-corrected chi connectivity index (χ2v) is 9.37. The van der Waals surface area contributed by atoms with Crippen molar-refractivity contribution in [3.8, 4) is 0 Å². The molecule has 3 rings (SSSR count). The zero-order chi connectivity index (χ0) is 19.8. The molecule has 0 aliphatic carbocycles. The smallest absolute Gasteiger partial charge is 0.747 e. The number of imide groups is 1. The van der Waals surface area contributed by atoms with Gasteiger partial charge in [0.15, 0.2) is 0 Å². The minimum atomic E-state index is -4.99. The molecule has 0 saturated carbocycles. The summed E-state index contributed by atoms with van der Waals surface area (Å²) in [6.07, 6.45) is 1.000. The molecular weight excluding hydrogens is 425 g/mol. The van der Waals surface area contributed by atoms with Gasteiger partial charge in [0.1, 0.15) is 15.4 Å². The molecule has 28 heavy (non-hydrogen) atoms. The first-order valence-corrected chi connectivity index (χ1v) is 10.9. The molecule has 3 heterocycles. The molecular formula is C14H18N3NaO8S2. The molecule has 3 aliphatic rings. The van der Waals surface area contributed by atoms with Gasteiger partial charge in [-0.05, 0) is 12.8 Å². The number of carbonyl (C=O) groups is 4. The Labute approximate surface area is 187 Å². The Bertz CT molecular complexity index is 777. The fourth-order valence-electron chi connectivity index (χ4n) is 3.31. The van der Waals surface area contributed by atoms with Crippen LogP contribution in [0.2, 0.25) is 0 Å². The number of thioether (sulfide) groups is 1. The molecule has 0 spiro atoms. The third-order valence-corrected chi connectivity index (χ3v) is 7.24. The predicted molar refractivity (Wildman–Crippen MR) is 90.0 cm³/mol. The Morgan fingerprint density at radius 3 is 2.61 bits per heavy atom. The summed E-state index contributed by atoms with van der Waals surface area (Å²) in [6.45, 7) is 0. The van der Waals surface area contributed by atoms with Gasteiger partial charge in [-0.1, -0.05) is 6.42 Å². The number of urea groups is 1. The van der Waals surface area contributed by atoms with Crippen LogP contribution in [0.4, 0.5) is 4.79 Å². The van der Waals surface area contributed by atoms with E-state index in [0.717, 1.165) is 12.2 Å². The number of hydroxylamine groups is 2. The summed E-state index contributed by atoms with van der Waals surface area (Å²) in [5.41, 5.74) is 0. The van der Waals surface area contributed by atoms with E-state index in [4.69, 9.17) is 0 Å². The van der Waals surface area contributed by atoms with Crippen molar-refractivity contribution < 1.29 is 66.5 Å². The van der Waals surface area contributed by atoms with E-state index in [0.29, 0.717) is 12.8 Å². The molecule has 4 atom stereocenters. The minimum absolute atomic E-state index is 0. The van der Waals surface area contributed by atoms with Gasteiger partial charge in [-0.15, -0.1) is 5.06 Å². The van der Waals surface area contributed by atoms with Crippen LogP contribution in [0.3, 0.4) is 0 Å². The number of unbranched alkanes of at least 4 members (excludes halogenated alkanes) is 1. The summed E-state index contributed by atoms with van der Waals surface area (Å²) in [5.74, 6) is -2.38. The van der Waals surface area contributed by atoms with Gasteiger partial charge in [-0.2, -0.15) is 11.8 Å². The van der Waals surface area contributed by atoms with Gasteiger partial charge in [0.25, 0.3) is 11.8 Å². The normalized spacial score (nSPS) is 29.2. The number of hydrogen-bond donors (Lipinski definition) is 2. The Balaban J connectivity index is 0.00000280. The van der Waals surface area contributed by atoms with Crippen molar-refractivity contribution in [3.05, 3.63) is 0 Å². The molecule has 14 heteroatoms. The second-order valence-electron chi connectivity index (χ2n) is 6.54. The molecule has 0 aromatic heterocycles. The Kier molecular flexibility index (Phi) is 7.78. The fourth-order valence-corrected chi connectivity index (χ4v) is 5.54. The van der Waals surface area contributed by atoms with Crippen LogP contribution < -0.4 is 40.2 Å². The van der Waals surface area contributed by atoms with Gasteiger partial charge < -0.3 is 20.0 Å². The van der Waals surface area contributed by atoms with Crippen molar-refractivity contribution >= 4 is 45.7 Å². The van der Waals surface area contributed by atoms with Crippen molar-refractivity contribution in [1.82, 2.24) is 15.7 Å². The van der Waals surface area contributed by atoms with Crippen LogP contribution in [0.15, 0.2) is 0 Å². The monoisotopic (exact) mass is 443 g/mol. The van der Waals surface area contributed by atoms with Gasteiger partial charge >= 0.3 is 41.6 Å². The summed E-state index contributed by atoms with van der Waals surface area (Å²) in [7, 11) is -4.99. The average molecular weight is 443 g/mol. The molecule has 3 saturated heterocycles. The Morgan fingerprint density at radius 2 is 1.96 bits per heavy atom. The van der Waals surface area contributed by atoms with Gasteiger partial charge in [-0.3, -0.25) is 9.59 Å². The third-order valence-electron chi connectivity index (χ3n) is 4.66. The summed E-state index contributed by atoms with van der Waals surface area (Å²) < 4.78 is 32.8. The van der Waals surface area contributed by atoms with Crippen molar-refractivity contribution in [1.29, 1.82) is 0 Å². The van der Waals surface area contributed by atoms with E-state index in [9.17, 15) is 32.1 Å². The Hall–Kier alpha value is -0.860. The minimum Gasteiger partial charge on any atom is -0.747 e. The number of nitrogens with zero attached hydrogens (tertiary/aromatic N) is 1. The number of amides is 4. The third kappa shape index (κ3) is 5.19. The van der Waals surface area contributed by atoms with Crippen LogP contribution in [-0.4, -0.2) is 70.2 Å². The molecule has 3 aliphatic heterocycles. The van der Waals surface area contributed by atoms with Crippen LogP contribution in [0.1, 0.15) is 32.1 Å². The quantitative estimate of drug-likeness (QED) is 0.131. The van der Waals surface area contributed by atoms with Crippen molar-refractivity contribution in [3.63, 3.8) is 0 Å². The van der Waals surface area contributed by atoms with E-state index in [1.165, 1.54) is 0 Å². The molecule has 0 bridgehead atoms. The molecule has 150 valence electrons. The van der Waals surface area contributed by atoms with E-state index in [2.05, 4.69) is 15.5 Å². The van der Waals surface area contributed by atoms with Crippen LogP contribution in [0.5, 0.6) is 0 Å². The van der Waals surface area contributed by atoms with Crippen LogP contribution >= 0.6 is 11.8 Å². The first-order valence-electron chi connectivity index (χ1n) is 8.38. The average Bonchev–Trinajstić information content (AvgIpc) is 3.19. The summed E-state index contributed by atoms with van der Waals surface area (Å²) in [5, 5.41) is 3.98.